The van der Waals surface area contributed by atoms with Crippen molar-refractivity contribution in [1.29, 1.82) is 0 Å². The van der Waals surface area contributed by atoms with Gasteiger partial charge in [-0.2, -0.15) is 0 Å². The lowest BCUT2D eigenvalue weighted by molar-refractivity contribution is -0.142. The van der Waals surface area contributed by atoms with Gasteiger partial charge in [0.05, 0.1) is 5.92 Å². The minimum Gasteiger partial charge on any atom is -0.481 e. The predicted octanol–water partition coefficient (Wildman–Crippen LogP) is 6.97. The van der Waals surface area contributed by atoms with E-state index in [1.165, 1.54) is 77.0 Å². The number of hydrogen-bond donors (Lipinski definition) is 1. The molecule has 1 unspecified atom stereocenters. The van der Waals surface area contributed by atoms with Crippen LogP contribution in [-0.2, 0) is 4.79 Å². The maximum Gasteiger partial charge on any atom is 0.306 e. The molecule has 0 amide bonds. The van der Waals surface area contributed by atoms with Crippen molar-refractivity contribution in [3.63, 3.8) is 0 Å². The number of unbranched alkanes of at least 4 members (excludes halogenated alkanes) is 12. The summed E-state index contributed by atoms with van der Waals surface area (Å²) in [5.74, 6) is -0.696. The van der Waals surface area contributed by atoms with Crippen LogP contribution in [0.1, 0.15) is 117 Å². The van der Waals surface area contributed by atoms with Gasteiger partial charge in [0.2, 0.25) is 0 Å². The average molecular weight is 313 g/mol. The predicted molar refractivity (Wildman–Crippen MR) is 96.3 cm³/mol. The Hall–Kier alpha value is -0.530. The first-order chi connectivity index (χ1) is 10.7. The number of carboxylic acids is 1. The molecular formula is C20H40O2. The molecule has 0 bridgehead atoms. The van der Waals surface area contributed by atoms with Crippen LogP contribution in [0.2, 0.25) is 0 Å². The van der Waals surface area contributed by atoms with Crippen LogP contribution in [0.15, 0.2) is 0 Å². The van der Waals surface area contributed by atoms with Gasteiger partial charge < -0.3 is 5.11 Å². The third-order valence-electron chi connectivity index (χ3n) is 4.64. The highest BCUT2D eigenvalue weighted by atomic mass is 16.4. The molecule has 0 aromatic rings. The van der Waals surface area contributed by atoms with E-state index in [-0.39, 0.29) is 5.92 Å². The van der Waals surface area contributed by atoms with Crippen LogP contribution in [0.25, 0.3) is 0 Å². The molecular weight excluding hydrogens is 272 g/mol. The van der Waals surface area contributed by atoms with Crippen LogP contribution < -0.4 is 0 Å². The summed E-state index contributed by atoms with van der Waals surface area (Å²) in [5.41, 5.74) is 0. The summed E-state index contributed by atoms with van der Waals surface area (Å²) in [4.78, 5) is 11.0. The van der Waals surface area contributed by atoms with Crippen LogP contribution in [0.5, 0.6) is 0 Å². The molecule has 1 N–H and O–H groups in total. The molecule has 0 aromatic carbocycles. The van der Waals surface area contributed by atoms with E-state index in [4.69, 9.17) is 5.11 Å². The second-order valence-electron chi connectivity index (χ2n) is 6.86. The van der Waals surface area contributed by atoms with E-state index in [9.17, 15) is 4.79 Å². The highest BCUT2D eigenvalue weighted by Crippen LogP contribution is 2.17. The van der Waals surface area contributed by atoms with Crippen molar-refractivity contribution in [3.8, 4) is 0 Å². The second-order valence-corrected chi connectivity index (χ2v) is 6.86. The zero-order chi connectivity index (χ0) is 16.5. The quantitative estimate of drug-likeness (QED) is 0.294. The van der Waals surface area contributed by atoms with Gasteiger partial charge in [0.25, 0.3) is 0 Å². The molecule has 0 fully saturated rings. The Morgan fingerprint density at radius 2 is 1.05 bits per heavy atom. The topological polar surface area (TPSA) is 37.3 Å². The molecule has 132 valence electrons. The van der Waals surface area contributed by atoms with Gasteiger partial charge >= 0.3 is 5.97 Å². The molecule has 2 heteroatoms. The lowest BCUT2D eigenvalue weighted by Crippen LogP contribution is -2.13. The Balaban J connectivity index is 3.21. The molecule has 0 saturated carbocycles. The van der Waals surface area contributed by atoms with Gasteiger partial charge in [-0.25, -0.2) is 0 Å². The van der Waals surface area contributed by atoms with Gasteiger partial charge in [-0.1, -0.05) is 104 Å². The molecule has 1 atom stereocenters. The van der Waals surface area contributed by atoms with E-state index in [1.54, 1.807) is 0 Å². The van der Waals surface area contributed by atoms with Crippen molar-refractivity contribution in [2.75, 3.05) is 0 Å². The van der Waals surface area contributed by atoms with E-state index in [0.717, 1.165) is 25.7 Å². The first-order valence-electron chi connectivity index (χ1n) is 9.95. The van der Waals surface area contributed by atoms with Gasteiger partial charge in [0, 0.05) is 0 Å². The minimum absolute atomic E-state index is 0.0993. The molecule has 0 saturated heterocycles. The van der Waals surface area contributed by atoms with E-state index < -0.39 is 5.97 Å². The fourth-order valence-corrected chi connectivity index (χ4v) is 3.15. The van der Waals surface area contributed by atoms with Crippen LogP contribution in [0.4, 0.5) is 0 Å². The third-order valence-corrected chi connectivity index (χ3v) is 4.64. The van der Waals surface area contributed by atoms with Crippen molar-refractivity contribution >= 4 is 5.97 Å². The maximum atomic E-state index is 11.0. The Bertz CT molecular complexity index is 238. The fraction of sp³-hybridized carbons (Fsp3) is 0.950. The van der Waals surface area contributed by atoms with Crippen molar-refractivity contribution in [2.45, 2.75) is 117 Å². The second kappa shape index (κ2) is 16.8. The summed E-state index contributed by atoms with van der Waals surface area (Å²) in [6.07, 6.45) is 20.2. The van der Waals surface area contributed by atoms with E-state index in [1.807, 2.05) is 0 Å². The van der Waals surface area contributed by atoms with E-state index in [0.29, 0.717) is 0 Å². The first kappa shape index (κ1) is 21.5. The molecule has 22 heavy (non-hydrogen) atoms. The zero-order valence-electron chi connectivity index (χ0n) is 15.2. The standard InChI is InChI=1S/C20H40O2/c1-3-5-6-7-8-9-10-11-12-13-14-15-16-18-19(17-4-2)20(21)22/h19H,3-18H2,1-2H3,(H,21,22). The molecule has 0 aliphatic heterocycles. The van der Waals surface area contributed by atoms with Crippen molar-refractivity contribution < 1.29 is 9.90 Å². The molecule has 0 radical (unpaired) electrons. The summed E-state index contributed by atoms with van der Waals surface area (Å²) in [7, 11) is 0. The Labute approximate surface area is 139 Å². The number of hydrogen-bond acceptors (Lipinski definition) is 1. The lowest BCUT2D eigenvalue weighted by Gasteiger charge is -2.10. The number of rotatable bonds is 17. The zero-order valence-corrected chi connectivity index (χ0v) is 15.2. The molecule has 0 aliphatic carbocycles. The summed E-state index contributed by atoms with van der Waals surface area (Å²) >= 11 is 0. The van der Waals surface area contributed by atoms with E-state index >= 15 is 0 Å². The van der Waals surface area contributed by atoms with Crippen LogP contribution in [0, 0.1) is 5.92 Å². The number of aliphatic carboxylic acids is 1. The maximum absolute atomic E-state index is 11.0. The smallest absolute Gasteiger partial charge is 0.306 e. The molecule has 0 aromatic heterocycles. The fourth-order valence-electron chi connectivity index (χ4n) is 3.15. The van der Waals surface area contributed by atoms with Crippen LogP contribution in [0.3, 0.4) is 0 Å². The Morgan fingerprint density at radius 1 is 0.636 bits per heavy atom. The molecule has 2 nitrogen and oxygen atoms in total. The summed E-state index contributed by atoms with van der Waals surface area (Å²) in [5, 5.41) is 9.10. The van der Waals surface area contributed by atoms with Crippen molar-refractivity contribution in [3.05, 3.63) is 0 Å². The summed E-state index contributed by atoms with van der Waals surface area (Å²) in [6.45, 7) is 4.34. The van der Waals surface area contributed by atoms with Gasteiger partial charge in [-0.15, -0.1) is 0 Å². The van der Waals surface area contributed by atoms with Crippen LogP contribution >= 0.6 is 0 Å². The monoisotopic (exact) mass is 312 g/mol. The SMILES string of the molecule is CCCCCCCCCCCCCCCC(CCC)C(=O)O. The first-order valence-corrected chi connectivity index (χ1v) is 9.95. The average Bonchev–Trinajstić information content (AvgIpc) is 2.50. The van der Waals surface area contributed by atoms with Gasteiger partial charge in [-0.3, -0.25) is 4.79 Å². The highest BCUT2D eigenvalue weighted by Gasteiger charge is 2.15. The Kier molecular flexibility index (Phi) is 16.4. The largest absolute Gasteiger partial charge is 0.481 e. The lowest BCUT2D eigenvalue weighted by atomic mass is 9.96. The minimum atomic E-state index is -0.596. The molecule has 0 heterocycles. The van der Waals surface area contributed by atoms with Gasteiger partial charge in [0.1, 0.15) is 0 Å². The van der Waals surface area contributed by atoms with Crippen molar-refractivity contribution in [1.82, 2.24) is 0 Å². The molecule has 0 aliphatic rings. The molecule has 0 rings (SSSR count). The third kappa shape index (κ3) is 14.4. The van der Waals surface area contributed by atoms with Gasteiger partial charge in [0.15, 0.2) is 0 Å². The number of carbonyl (C=O) groups is 1. The Morgan fingerprint density at radius 3 is 1.41 bits per heavy atom. The number of carboxylic acid groups (broad SMARTS) is 1. The van der Waals surface area contributed by atoms with Crippen LogP contribution in [-0.4, -0.2) is 11.1 Å². The normalized spacial score (nSPS) is 12.5. The van der Waals surface area contributed by atoms with Crippen molar-refractivity contribution in [2.24, 2.45) is 5.92 Å². The van der Waals surface area contributed by atoms with Gasteiger partial charge in [-0.05, 0) is 12.8 Å². The van der Waals surface area contributed by atoms with E-state index in [2.05, 4.69) is 13.8 Å². The summed E-state index contributed by atoms with van der Waals surface area (Å²) in [6, 6.07) is 0. The summed E-state index contributed by atoms with van der Waals surface area (Å²) < 4.78 is 0. The highest BCUT2D eigenvalue weighted by molar-refractivity contribution is 5.69. The molecule has 0 spiro atoms.